The van der Waals surface area contributed by atoms with Gasteiger partial charge < -0.3 is 4.42 Å². The van der Waals surface area contributed by atoms with Gasteiger partial charge in [0.1, 0.15) is 16.7 Å². The summed E-state index contributed by atoms with van der Waals surface area (Å²) in [7, 11) is 0. The molecule has 7 aromatic rings. The SMILES string of the molecule is c1ccc(-n2c3ccccc3c3c4oc5ccccc5c4n(-c4ccccc4)c32)cc1. The Morgan fingerprint density at radius 1 is 0.516 bits per heavy atom. The molecule has 0 unspecified atom stereocenters. The van der Waals surface area contributed by atoms with Crippen molar-refractivity contribution < 1.29 is 4.42 Å². The minimum absolute atomic E-state index is 0.913. The summed E-state index contributed by atoms with van der Waals surface area (Å²) in [5.41, 5.74) is 7.51. The van der Waals surface area contributed by atoms with Crippen LogP contribution >= 0.6 is 0 Å². The summed E-state index contributed by atoms with van der Waals surface area (Å²) >= 11 is 0. The maximum Gasteiger partial charge on any atom is 0.163 e. The van der Waals surface area contributed by atoms with Crippen LogP contribution in [0.5, 0.6) is 0 Å². The van der Waals surface area contributed by atoms with Gasteiger partial charge >= 0.3 is 0 Å². The molecule has 0 bridgehead atoms. The molecule has 3 heteroatoms. The Morgan fingerprint density at radius 2 is 1.10 bits per heavy atom. The fourth-order valence-corrected chi connectivity index (χ4v) is 4.86. The van der Waals surface area contributed by atoms with Gasteiger partial charge in [0.15, 0.2) is 5.58 Å². The highest BCUT2D eigenvalue weighted by atomic mass is 16.3. The third kappa shape index (κ3) is 2.18. The van der Waals surface area contributed by atoms with Crippen LogP contribution < -0.4 is 0 Å². The van der Waals surface area contributed by atoms with Gasteiger partial charge in [-0.15, -0.1) is 0 Å². The molecule has 31 heavy (non-hydrogen) atoms. The minimum Gasteiger partial charge on any atom is -0.454 e. The quantitative estimate of drug-likeness (QED) is 0.296. The molecule has 3 nitrogen and oxygen atoms in total. The molecule has 0 spiro atoms. The molecule has 0 aliphatic carbocycles. The van der Waals surface area contributed by atoms with E-state index in [1.54, 1.807) is 0 Å². The maximum absolute atomic E-state index is 6.49. The topological polar surface area (TPSA) is 23.0 Å². The van der Waals surface area contributed by atoms with Gasteiger partial charge in [-0.3, -0.25) is 9.13 Å². The number of hydrogen-bond donors (Lipinski definition) is 0. The van der Waals surface area contributed by atoms with E-state index in [0.29, 0.717) is 0 Å². The number of rotatable bonds is 2. The molecule has 3 heterocycles. The Bertz CT molecular complexity index is 1720. The lowest BCUT2D eigenvalue weighted by Gasteiger charge is -2.12. The van der Waals surface area contributed by atoms with Crippen LogP contribution in [0.15, 0.2) is 114 Å². The van der Waals surface area contributed by atoms with Crippen molar-refractivity contribution in [3.05, 3.63) is 109 Å². The van der Waals surface area contributed by atoms with E-state index in [0.717, 1.165) is 44.5 Å². The first-order chi connectivity index (χ1) is 15.4. The maximum atomic E-state index is 6.49. The van der Waals surface area contributed by atoms with E-state index in [9.17, 15) is 0 Å². The lowest BCUT2D eigenvalue weighted by molar-refractivity contribution is 0.673. The lowest BCUT2D eigenvalue weighted by Crippen LogP contribution is -2.01. The van der Waals surface area contributed by atoms with Crippen LogP contribution in [0.4, 0.5) is 0 Å². The third-order valence-corrected chi connectivity index (χ3v) is 6.11. The zero-order valence-corrected chi connectivity index (χ0v) is 16.7. The molecule has 3 aromatic heterocycles. The van der Waals surface area contributed by atoms with Crippen molar-refractivity contribution in [2.24, 2.45) is 0 Å². The second-order valence-corrected chi connectivity index (χ2v) is 7.83. The molecular formula is C28H18N2O. The predicted octanol–water partition coefficient (Wildman–Crippen LogP) is 7.47. The van der Waals surface area contributed by atoms with Gasteiger partial charge in [0.2, 0.25) is 0 Å². The molecule has 0 amide bonds. The van der Waals surface area contributed by atoms with Gasteiger partial charge in [-0.2, -0.15) is 0 Å². The summed E-state index contributed by atoms with van der Waals surface area (Å²) in [6.45, 7) is 0. The highest BCUT2D eigenvalue weighted by Crippen LogP contribution is 2.44. The van der Waals surface area contributed by atoms with Gasteiger partial charge in [-0.25, -0.2) is 0 Å². The number of hydrogen-bond acceptors (Lipinski definition) is 1. The van der Waals surface area contributed by atoms with Crippen LogP contribution in [0.1, 0.15) is 0 Å². The number of fused-ring (bicyclic) bond motifs is 7. The monoisotopic (exact) mass is 398 g/mol. The van der Waals surface area contributed by atoms with Gasteiger partial charge in [0.25, 0.3) is 0 Å². The normalized spacial score (nSPS) is 11.9. The van der Waals surface area contributed by atoms with E-state index in [4.69, 9.17) is 4.42 Å². The van der Waals surface area contributed by atoms with Crippen LogP contribution in [0.2, 0.25) is 0 Å². The fourth-order valence-electron chi connectivity index (χ4n) is 4.86. The molecule has 0 atom stereocenters. The van der Waals surface area contributed by atoms with Crippen LogP contribution in [-0.2, 0) is 0 Å². The molecule has 0 aliphatic heterocycles. The summed E-state index contributed by atoms with van der Waals surface area (Å²) in [6, 6.07) is 38.0. The molecule has 4 aromatic carbocycles. The molecule has 7 rings (SSSR count). The first kappa shape index (κ1) is 16.5. The van der Waals surface area contributed by atoms with E-state index < -0.39 is 0 Å². The van der Waals surface area contributed by atoms with Crippen molar-refractivity contribution in [1.82, 2.24) is 9.13 Å². The zero-order chi connectivity index (χ0) is 20.4. The van der Waals surface area contributed by atoms with E-state index in [1.165, 1.54) is 10.9 Å². The van der Waals surface area contributed by atoms with Crippen molar-refractivity contribution in [2.45, 2.75) is 0 Å². The van der Waals surface area contributed by atoms with Crippen LogP contribution in [0.25, 0.3) is 55.4 Å². The fraction of sp³-hybridized carbons (Fsp3) is 0. The first-order valence-electron chi connectivity index (χ1n) is 10.5. The Hall–Kier alpha value is -4.24. The summed E-state index contributed by atoms with van der Waals surface area (Å²) in [5, 5.41) is 3.47. The molecule has 0 saturated carbocycles. The van der Waals surface area contributed by atoms with Gasteiger partial charge in [0, 0.05) is 22.1 Å². The van der Waals surface area contributed by atoms with Crippen LogP contribution in [0, 0.1) is 0 Å². The standard InChI is InChI=1S/C28H18N2O/c1-3-11-19(12-4-1)29-23-17-9-7-15-21(23)25-27-26(22-16-8-10-18-24(22)31-27)30(28(25)29)20-13-5-2-6-14-20/h1-18H. The van der Waals surface area contributed by atoms with Gasteiger partial charge in [-0.1, -0.05) is 66.7 Å². The van der Waals surface area contributed by atoms with Crippen molar-refractivity contribution in [3.63, 3.8) is 0 Å². The van der Waals surface area contributed by atoms with E-state index in [-0.39, 0.29) is 0 Å². The van der Waals surface area contributed by atoms with E-state index in [2.05, 4.69) is 106 Å². The van der Waals surface area contributed by atoms with Crippen LogP contribution in [0.3, 0.4) is 0 Å². The summed E-state index contributed by atoms with van der Waals surface area (Å²) < 4.78 is 11.2. The Balaban J connectivity index is 1.81. The summed E-state index contributed by atoms with van der Waals surface area (Å²) in [6.07, 6.45) is 0. The molecule has 146 valence electrons. The molecule has 0 radical (unpaired) electrons. The zero-order valence-electron chi connectivity index (χ0n) is 16.7. The van der Waals surface area contributed by atoms with Crippen molar-refractivity contribution in [3.8, 4) is 11.4 Å². The Labute approximate surface area is 178 Å². The third-order valence-electron chi connectivity index (χ3n) is 6.11. The molecule has 0 fully saturated rings. The van der Waals surface area contributed by atoms with Crippen LogP contribution in [-0.4, -0.2) is 9.13 Å². The molecule has 0 N–H and O–H groups in total. The first-order valence-corrected chi connectivity index (χ1v) is 10.5. The minimum atomic E-state index is 0.913. The molecule has 0 aliphatic rings. The average Bonchev–Trinajstić information content (AvgIpc) is 3.46. The summed E-state index contributed by atoms with van der Waals surface area (Å²) in [4.78, 5) is 0. The average molecular weight is 398 g/mol. The van der Waals surface area contributed by atoms with E-state index in [1.807, 2.05) is 12.1 Å². The van der Waals surface area contributed by atoms with Gasteiger partial charge in [0.05, 0.1) is 10.9 Å². The Morgan fingerprint density at radius 3 is 1.84 bits per heavy atom. The number of para-hydroxylation sites is 4. The number of furan rings is 1. The summed E-state index contributed by atoms with van der Waals surface area (Å²) in [5.74, 6) is 0. The second kappa shape index (κ2) is 6.13. The highest BCUT2D eigenvalue weighted by Gasteiger charge is 2.25. The highest BCUT2D eigenvalue weighted by molar-refractivity contribution is 6.25. The molecule has 0 saturated heterocycles. The number of aromatic nitrogens is 2. The number of benzene rings is 4. The second-order valence-electron chi connectivity index (χ2n) is 7.83. The predicted molar refractivity (Wildman–Crippen MR) is 127 cm³/mol. The number of nitrogens with zero attached hydrogens (tertiary/aromatic N) is 2. The molecular weight excluding hydrogens is 380 g/mol. The Kier molecular flexibility index (Phi) is 3.27. The van der Waals surface area contributed by atoms with Crippen molar-refractivity contribution >= 4 is 44.0 Å². The van der Waals surface area contributed by atoms with Gasteiger partial charge in [-0.05, 0) is 42.5 Å². The lowest BCUT2D eigenvalue weighted by atomic mass is 10.2. The smallest absolute Gasteiger partial charge is 0.163 e. The van der Waals surface area contributed by atoms with Crippen molar-refractivity contribution in [1.29, 1.82) is 0 Å². The van der Waals surface area contributed by atoms with Crippen molar-refractivity contribution in [2.75, 3.05) is 0 Å². The van der Waals surface area contributed by atoms with E-state index >= 15 is 0 Å². The largest absolute Gasteiger partial charge is 0.454 e.